The Hall–Kier alpha value is -2.94. The molecular weight excluding hydrogens is 356 g/mol. The van der Waals surface area contributed by atoms with Crippen molar-refractivity contribution in [2.24, 2.45) is 0 Å². The molecule has 1 heterocycles. The quantitative estimate of drug-likeness (QED) is 0.487. The van der Waals surface area contributed by atoms with Gasteiger partial charge in [0, 0.05) is 5.56 Å². The Balaban J connectivity index is 0.000000687. The predicted octanol–water partition coefficient (Wildman–Crippen LogP) is 5.98. The second-order valence-electron chi connectivity index (χ2n) is 7.42. The van der Waals surface area contributed by atoms with Gasteiger partial charge in [-0.05, 0) is 37.8 Å². The minimum atomic E-state index is -0.163. The molecule has 0 atom stereocenters. The Bertz CT molecular complexity index is 916. The van der Waals surface area contributed by atoms with E-state index in [9.17, 15) is 4.79 Å². The van der Waals surface area contributed by atoms with Crippen LogP contribution in [0.2, 0.25) is 0 Å². The maximum atomic E-state index is 13.2. The minimum absolute atomic E-state index is 0.0754. The van der Waals surface area contributed by atoms with Crippen molar-refractivity contribution in [3.63, 3.8) is 0 Å². The van der Waals surface area contributed by atoms with Crippen LogP contribution < -0.4 is 5.56 Å². The van der Waals surface area contributed by atoms with Crippen molar-refractivity contribution in [3.8, 4) is 0 Å². The molecular formula is C26H32N2O. The Morgan fingerprint density at radius 1 is 0.966 bits per heavy atom. The van der Waals surface area contributed by atoms with E-state index >= 15 is 0 Å². The Morgan fingerprint density at radius 3 is 1.86 bits per heavy atom. The summed E-state index contributed by atoms with van der Waals surface area (Å²) in [4.78, 5) is 17.9. The summed E-state index contributed by atoms with van der Waals surface area (Å²) in [5.41, 5.74) is 5.19. The first kappa shape index (κ1) is 22.4. The van der Waals surface area contributed by atoms with Gasteiger partial charge in [-0.2, -0.15) is 0 Å². The van der Waals surface area contributed by atoms with Gasteiger partial charge in [0.15, 0.2) is 0 Å². The lowest BCUT2D eigenvalue weighted by Crippen LogP contribution is -2.30. The number of rotatable bonds is 6. The molecule has 3 nitrogen and oxygen atoms in total. The number of allylic oxidation sites excluding steroid dienone is 1. The molecule has 0 aliphatic heterocycles. The molecule has 0 fully saturated rings. The van der Waals surface area contributed by atoms with Gasteiger partial charge in [-0.25, -0.2) is 4.98 Å². The van der Waals surface area contributed by atoms with E-state index in [0.717, 1.165) is 41.6 Å². The monoisotopic (exact) mass is 388 g/mol. The van der Waals surface area contributed by atoms with E-state index in [-0.39, 0.29) is 11.6 Å². The molecule has 0 saturated carbocycles. The molecule has 0 aliphatic rings. The largest absolute Gasteiger partial charge is 0.287 e. The molecule has 0 N–H and O–H groups in total. The van der Waals surface area contributed by atoms with Crippen molar-refractivity contribution in [2.75, 3.05) is 0 Å². The van der Waals surface area contributed by atoms with Crippen LogP contribution in [0.3, 0.4) is 0 Å². The van der Waals surface area contributed by atoms with Crippen molar-refractivity contribution in [1.82, 2.24) is 9.55 Å². The highest BCUT2D eigenvalue weighted by atomic mass is 16.1. The molecule has 3 rings (SSSR count). The highest BCUT2D eigenvalue weighted by Crippen LogP contribution is 2.25. The smallest absolute Gasteiger partial charge is 0.257 e. The summed E-state index contributed by atoms with van der Waals surface area (Å²) in [7, 11) is 0. The fourth-order valence-electron chi connectivity index (χ4n) is 3.32. The van der Waals surface area contributed by atoms with E-state index in [4.69, 9.17) is 0 Å². The SMILES string of the molecule is C=C(C)C.CCCc1c(CC)ncn(C(c2ccccc2)c2ccccc2)c1=O. The number of hydrogen-bond acceptors (Lipinski definition) is 2. The summed E-state index contributed by atoms with van der Waals surface area (Å²) in [6.45, 7) is 11.7. The van der Waals surface area contributed by atoms with Crippen LogP contribution in [0.25, 0.3) is 0 Å². The number of hydrogen-bond donors (Lipinski definition) is 0. The molecule has 0 bridgehead atoms. The zero-order valence-corrected chi connectivity index (χ0v) is 18.1. The first-order valence-corrected chi connectivity index (χ1v) is 10.3. The molecule has 0 spiro atoms. The summed E-state index contributed by atoms with van der Waals surface area (Å²) >= 11 is 0. The van der Waals surface area contributed by atoms with Crippen LogP contribution in [0.1, 0.15) is 62.5 Å². The average Bonchev–Trinajstić information content (AvgIpc) is 2.72. The van der Waals surface area contributed by atoms with Crippen LogP contribution in [0.5, 0.6) is 0 Å². The summed E-state index contributed by atoms with van der Waals surface area (Å²) in [6.07, 6.45) is 4.21. The minimum Gasteiger partial charge on any atom is -0.287 e. The standard InChI is InChI=1S/C22H24N2O.C4H8/c1-3-11-19-20(4-2)23-16-24(22(19)25)21(17-12-7-5-8-13-17)18-14-9-6-10-15-18;1-4(2)3/h5-10,12-16,21H,3-4,11H2,1-2H3;1H2,2-3H3. The second kappa shape index (κ2) is 11.2. The highest BCUT2D eigenvalue weighted by molar-refractivity contribution is 5.33. The van der Waals surface area contributed by atoms with Crippen LogP contribution >= 0.6 is 0 Å². The lowest BCUT2D eigenvalue weighted by Gasteiger charge is -2.22. The van der Waals surface area contributed by atoms with Gasteiger partial charge in [0.1, 0.15) is 0 Å². The Labute approximate surface area is 174 Å². The number of benzene rings is 2. The molecule has 152 valence electrons. The average molecular weight is 389 g/mol. The van der Waals surface area contributed by atoms with Crippen LogP contribution in [0.4, 0.5) is 0 Å². The topological polar surface area (TPSA) is 34.9 Å². The predicted molar refractivity (Wildman–Crippen MR) is 122 cm³/mol. The van der Waals surface area contributed by atoms with Gasteiger partial charge >= 0.3 is 0 Å². The first-order valence-electron chi connectivity index (χ1n) is 10.3. The highest BCUT2D eigenvalue weighted by Gasteiger charge is 2.20. The van der Waals surface area contributed by atoms with Crippen molar-refractivity contribution >= 4 is 0 Å². The van der Waals surface area contributed by atoms with E-state index in [1.54, 1.807) is 10.9 Å². The Kier molecular flexibility index (Phi) is 8.60. The maximum absolute atomic E-state index is 13.2. The third-order valence-corrected chi connectivity index (χ3v) is 4.52. The van der Waals surface area contributed by atoms with Crippen molar-refractivity contribution in [2.45, 2.75) is 53.0 Å². The second-order valence-corrected chi connectivity index (χ2v) is 7.42. The van der Waals surface area contributed by atoms with Crippen LogP contribution in [-0.4, -0.2) is 9.55 Å². The number of aromatic nitrogens is 2. The van der Waals surface area contributed by atoms with E-state index in [0.29, 0.717) is 0 Å². The molecule has 1 aromatic heterocycles. The Morgan fingerprint density at radius 2 is 1.45 bits per heavy atom. The lowest BCUT2D eigenvalue weighted by atomic mass is 9.98. The maximum Gasteiger partial charge on any atom is 0.257 e. The van der Waals surface area contributed by atoms with Gasteiger partial charge in [-0.1, -0.05) is 86.5 Å². The molecule has 3 heteroatoms. The molecule has 0 aliphatic carbocycles. The summed E-state index contributed by atoms with van der Waals surface area (Å²) < 4.78 is 1.79. The van der Waals surface area contributed by atoms with E-state index in [2.05, 4.69) is 49.7 Å². The lowest BCUT2D eigenvalue weighted by molar-refractivity contribution is 0.617. The van der Waals surface area contributed by atoms with E-state index in [1.807, 2.05) is 50.2 Å². The van der Waals surface area contributed by atoms with Gasteiger partial charge in [-0.3, -0.25) is 9.36 Å². The van der Waals surface area contributed by atoms with Gasteiger partial charge in [0.05, 0.1) is 18.1 Å². The molecule has 0 amide bonds. The number of nitrogens with zero attached hydrogens (tertiary/aromatic N) is 2. The fraction of sp³-hybridized carbons (Fsp3) is 0.308. The van der Waals surface area contributed by atoms with Gasteiger partial charge in [-0.15, -0.1) is 6.58 Å². The van der Waals surface area contributed by atoms with Crippen molar-refractivity contribution < 1.29 is 0 Å². The third-order valence-electron chi connectivity index (χ3n) is 4.52. The molecule has 0 saturated heterocycles. The first-order chi connectivity index (χ1) is 14.0. The summed E-state index contributed by atoms with van der Waals surface area (Å²) in [5, 5.41) is 0. The third kappa shape index (κ3) is 6.02. The fourth-order valence-corrected chi connectivity index (χ4v) is 3.32. The summed E-state index contributed by atoms with van der Waals surface area (Å²) in [5.74, 6) is 0. The normalized spacial score (nSPS) is 10.4. The molecule has 29 heavy (non-hydrogen) atoms. The molecule has 0 unspecified atom stereocenters. The van der Waals surface area contributed by atoms with Gasteiger partial charge in [0.25, 0.3) is 5.56 Å². The van der Waals surface area contributed by atoms with Crippen LogP contribution in [0, 0.1) is 0 Å². The van der Waals surface area contributed by atoms with Crippen molar-refractivity contribution in [3.05, 3.63) is 112 Å². The van der Waals surface area contributed by atoms with Crippen LogP contribution in [0.15, 0.2) is 83.9 Å². The summed E-state index contributed by atoms with van der Waals surface area (Å²) in [6, 6.07) is 20.1. The van der Waals surface area contributed by atoms with Crippen LogP contribution in [-0.2, 0) is 12.8 Å². The van der Waals surface area contributed by atoms with Gasteiger partial charge in [0.2, 0.25) is 0 Å². The molecule has 3 aromatic rings. The van der Waals surface area contributed by atoms with E-state index in [1.165, 1.54) is 5.57 Å². The zero-order chi connectivity index (χ0) is 21.2. The molecule has 2 aromatic carbocycles. The zero-order valence-electron chi connectivity index (χ0n) is 18.1. The van der Waals surface area contributed by atoms with E-state index < -0.39 is 0 Å². The number of aryl methyl sites for hydroxylation is 1. The van der Waals surface area contributed by atoms with Gasteiger partial charge < -0.3 is 0 Å². The van der Waals surface area contributed by atoms with Crippen molar-refractivity contribution in [1.29, 1.82) is 0 Å². The molecule has 0 radical (unpaired) electrons.